The van der Waals surface area contributed by atoms with Crippen LogP contribution in [0.1, 0.15) is 55.8 Å². The summed E-state index contributed by atoms with van der Waals surface area (Å²) < 4.78 is 10.6. The number of ether oxygens (including phenoxy) is 2. The molecular formula is C28H30O6. The smallest absolute Gasteiger partial charge is 0.310 e. The molecule has 1 aliphatic rings. The van der Waals surface area contributed by atoms with E-state index in [0.717, 1.165) is 22.3 Å². The molecule has 0 spiro atoms. The largest absolute Gasteiger partial charge is 0.457 e. The quantitative estimate of drug-likeness (QED) is 0.322. The molecule has 1 aliphatic carbocycles. The van der Waals surface area contributed by atoms with Crippen molar-refractivity contribution in [1.82, 2.24) is 0 Å². The van der Waals surface area contributed by atoms with Gasteiger partial charge in [-0.25, -0.2) is 0 Å². The third-order valence-electron chi connectivity index (χ3n) is 6.12. The second-order valence-corrected chi connectivity index (χ2v) is 8.85. The van der Waals surface area contributed by atoms with Gasteiger partial charge in [0.25, 0.3) is 0 Å². The van der Waals surface area contributed by atoms with Gasteiger partial charge in [-0.3, -0.25) is 19.2 Å². The maximum atomic E-state index is 12.8. The van der Waals surface area contributed by atoms with Gasteiger partial charge in [0.15, 0.2) is 13.2 Å². The lowest BCUT2D eigenvalue weighted by Crippen LogP contribution is -2.35. The van der Waals surface area contributed by atoms with E-state index in [1.807, 2.05) is 64.1 Å². The molecule has 0 radical (unpaired) electrons. The third-order valence-corrected chi connectivity index (χ3v) is 6.12. The number of hydrogen-bond acceptors (Lipinski definition) is 6. The molecule has 0 heterocycles. The second kappa shape index (κ2) is 11.1. The predicted molar refractivity (Wildman–Crippen MR) is 128 cm³/mol. The first kappa shape index (κ1) is 25.1. The van der Waals surface area contributed by atoms with Crippen molar-refractivity contribution in [2.24, 2.45) is 11.8 Å². The van der Waals surface area contributed by atoms with Gasteiger partial charge in [-0.05, 0) is 63.8 Å². The molecule has 0 aromatic heterocycles. The zero-order chi connectivity index (χ0) is 24.8. The summed E-state index contributed by atoms with van der Waals surface area (Å²) in [7, 11) is 0. The van der Waals surface area contributed by atoms with E-state index in [1.54, 1.807) is 12.1 Å². The van der Waals surface area contributed by atoms with E-state index >= 15 is 0 Å². The van der Waals surface area contributed by atoms with Crippen LogP contribution >= 0.6 is 0 Å². The summed E-state index contributed by atoms with van der Waals surface area (Å²) in [4.78, 5) is 50.6. The number of allylic oxidation sites excluding steroid dienone is 2. The molecule has 0 N–H and O–H groups in total. The van der Waals surface area contributed by atoms with Gasteiger partial charge < -0.3 is 9.47 Å². The molecule has 0 saturated heterocycles. The molecule has 0 bridgehead atoms. The first-order valence-electron chi connectivity index (χ1n) is 11.4. The van der Waals surface area contributed by atoms with Gasteiger partial charge in [-0.1, -0.05) is 47.5 Å². The van der Waals surface area contributed by atoms with Crippen LogP contribution < -0.4 is 0 Å². The topological polar surface area (TPSA) is 86.7 Å². The van der Waals surface area contributed by atoms with Gasteiger partial charge in [0.1, 0.15) is 0 Å². The maximum absolute atomic E-state index is 12.8. The van der Waals surface area contributed by atoms with E-state index in [4.69, 9.17) is 9.47 Å². The number of rotatable bonds is 8. The van der Waals surface area contributed by atoms with E-state index in [-0.39, 0.29) is 11.6 Å². The fourth-order valence-corrected chi connectivity index (χ4v) is 4.05. The van der Waals surface area contributed by atoms with E-state index in [0.29, 0.717) is 24.0 Å². The highest BCUT2D eigenvalue weighted by Gasteiger charge is 2.37. The molecule has 2 atom stereocenters. The Morgan fingerprint density at radius 1 is 0.676 bits per heavy atom. The number of benzene rings is 2. The number of carbonyl (C=O) groups is 4. The molecule has 34 heavy (non-hydrogen) atoms. The van der Waals surface area contributed by atoms with Gasteiger partial charge >= 0.3 is 11.9 Å². The zero-order valence-electron chi connectivity index (χ0n) is 20.1. The van der Waals surface area contributed by atoms with Crippen LogP contribution in [0.5, 0.6) is 0 Å². The Labute approximate surface area is 200 Å². The summed E-state index contributed by atoms with van der Waals surface area (Å²) in [5, 5.41) is 0. The number of ketones is 2. The molecule has 0 amide bonds. The lowest BCUT2D eigenvalue weighted by Gasteiger charge is -2.25. The summed E-state index contributed by atoms with van der Waals surface area (Å²) in [6, 6.07) is 11.1. The Kier molecular flexibility index (Phi) is 8.16. The van der Waals surface area contributed by atoms with Crippen molar-refractivity contribution in [2.75, 3.05) is 13.2 Å². The molecule has 3 rings (SSSR count). The third kappa shape index (κ3) is 6.07. The Bertz CT molecular complexity index is 1050. The van der Waals surface area contributed by atoms with Gasteiger partial charge in [-0.15, -0.1) is 0 Å². The van der Waals surface area contributed by atoms with Crippen LogP contribution in [0.4, 0.5) is 0 Å². The van der Waals surface area contributed by atoms with Crippen LogP contribution in [0.3, 0.4) is 0 Å². The number of Topliss-reactive ketones (excluding diaryl/α,β-unsaturated/α-hetero) is 2. The monoisotopic (exact) mass is 462 g/mol. The van der Waals surface area contributed by atoms with Crippen LogP contribution in [0.15, 0.2) is 48.6 Å². The molecule has 2 unspecified atom stereocenters. The van der Waals surface area contributed by atoms with Crippen molar-refractivity contribution in [1.29, 1.82) is 0 Å². The minimum atomic E-state index is -0.764. The molecule has 178 valence electrons. The predicted octanol–water partition coefficient (Wildman–Crippen LogP) is 4.65. The highest BCUT2D eigenvalue weighted by Crippen LogP contribution is 2.28. The van der Waals surface area contributed by atoms with Crippen molar-refractivity contribution in [2.45, 2.75) is 40.5 Å². The maximum Gasteiger partial charge on any atom is 0.310 e. The van der Waals surface area contributed by atoms with Crippen LogP contribution in [0.2, 0.25) is 0 Å². The lowest BCUT2D eigenvalue weighted by atomic mass is 9.83. The van der Waals surface area contributed by atoms with Crippen molar-refractivity contribution in [3.05, 3.63) is 81.9 Å². The van der Waals surface area contributed by atoms with Gasteiger partial charge in [0.05, 0.1) is 11.8 Å². The SMILES string of the molecule is Cc1ccc(C)c(C(=O)COC(=O)C2CC=CCC2C(=O)OCC(=O)c2cc(C)ccc2C)c1. The van der Waals surface area contributed by atoms with Gasteiger partial charge in [0, 0.05) is 11.1 Å². The number of aryl methyl sites for hydroxylation is 4. The summed E-state index contributed by atoms with van der Waals surface area (Å²) in [5.74, 6) is -3.35. The van der Waals surface area contributed by atoms with E-state index in [9.17, 15) is 19.2 Å². The Morgan fingerprint density at radius 3 is 1.44 bits per heavy atom. The van der Waals surface area contributed by atoms with Gasteiger partial charge in [-0.2, -0.15) is 0 Å². The average Bonchev–Trinajstić information content (AvgIpc) is 2.83. The average molecular weight is 463 g/mol. The first-order valence-corrected chi connectivity index (χ1v) is 11.4. The fourth-order valence-electron chi connectivity index (χ4n) is 4.05. The number of carbonyl (C=O) groups excluding carboxylic acids is 4. The normalized spacial score (nSPS) is 17.2. The molecule has 0 fully saturated rings. The molecule has 6 nitrogen and oxygen atoms in total. The summed E-state index contributed by atoms with van der Waals surface area (Å²) in [6.45, 7) is 6.64. The van der Waals surface area contributed by atoms with Crippen molar-refractivity contribution < 1.29 is 28.7 Å². The van der Waals surface area contributed by atoms with Crippen LogP contribution in [0.25, 0.3) is 0 Å². The van der Waals surface area contributed by atoms with Crippen molar-refractivity contribution in [3.63, 3.8) is 0 Å². The molecule has 2 aromatic rings. The number of hydrogen-bond donors (Lipinski definition) is 0. The van der Waals surface area contributed by atoms with Crippen LogP contribution in [-0.4, -0.2) is 36.7 Å². The molecule has 2 aromatic carbocycles. The van der Waals surface area contributed by atoms with E-state index in [1.165, 1.54) is 0 Å². The summed E-state index contributed by atoms with van der Waals surface area (Å²) in [6.07, 6.45) is 4.23. The van der Waals surface area contributed by atoms with Crippen molar-refractivity contribution >= 4 is 23.5 Å². The first-order chi connectivity index (χ1) is 16.2. The van der Waals surface area contributed by atoms with Gasteiger partial charge in [0.2, 0.25) is 11.6 Å². The highest BCUT2D eigenvalue weighted by atomic mass is 16.5. The minimum Gasteiger partial charge on any atom is -0.457 e. The zero-order valence-corrected chi connectivity index (χ0v) is 20.1. The molecule has 0 saturated carbocycles. The molecule has 6 heteroatoms. The fraction of sp³-hybridized carbons (Fsp3) is 0.357. The minimum absolute atomic E-state index is 0.292. The highest BCUT2D eigenvalue weighted by molar-refractivity contribution is 6.00. The van der Waals surface area contributed by atoms with Crippen molar-refractivity contribution in [3.8, 4) is 0 Å². The van der Waals surface area contributed by atoms with Crippen LogP contribution in [-0.2, 0) is 19.1 Å². The summed E-state index contributed by atoms with van der Waals surface area (Å²) in [5.41, 5.74) is 4.52. The van der Waals surface area contributed by atoms with Crippen LogP contribution in [0, 0.1) is 39.5 Å². The molecule has 0 aliphatic heterocycles. The van der Waals surface area contributed by atoms with E-state index < -0.39 is 37.0 Å². The Balaban J connectivity index is 1.60. The second-order valence-electron chi connectivity index (χ2n) is 8.85. The standard InChI is InChI=1S/C28H30O6/c1-17-9-11-19(3)23(13-17)25(29)15-33-27(31)21-7-5-6-8-22(21)28(32)34-16-26(30)24-14-18(2)10-12-20(24)4/h5-6,9-14,21-22H,7-8,15-16H2,1-4H3. The Hall–Kier alpha value is -3.54. The summed E-state index contributed by atoms with van der Waals surface area (Å²) >= 11 is 0. The van der Waals surface area contributed by atoms with E-state index in [2.05, 4.69) is 0 Å². The lowest BCUT2D eigenvalue weighted by molar-refractivity contribution is -0.159. The molecular weight excluding hydrogens is 432 g/mol. The number of esters is 2. The Morgan fingerprint density at radius 2 is 1.06 bits per heavy atom.